The molecule has 0 atom stereocenters. The van der Waals surface area contributed by atoms with E-state index in [0.717, 1.165) is 10.1 Å². The molecule has 3 N–H and O–H groups in total. The van der Waals surface area contributed by atoms with Crippen molar-refractivity contribution in [1.82, 2.24) is 5.32 Å². The minimum Gasteiger partial charge on any atom is -0.332 e. The van der Waals surface area contributed by atoms with E-state index in [0.29, 0.717) is 21.3 Å². The lowest BCUT2D eigenvalue weighted by Crippen LogP contribution is -2.33. The van der Waals surface area contributed by atoms with Gasteiger partial charge in [-0.25, -0.2) is 0 Å². The summed E-state index contributed by atoms with van der Waals surface area (Å²) in [6.07, 6.45) is 0. The van der Waals surface area contributed by atoms with Crippen LogP contribution < -0.4 is 16.0 Å². The largest absolute Gasteiger partial charge is 0.332 e. The van der Waals surface area contributed by atoms with Gasteiger partial charge in [-0.3, -0.25) is 14.9 Å². The van der Waals surface area contributed by atoms with Crippen molar-refractivity contribution in [3.05, 3.63) is 58.4 Å². The Morgan fingerprint density at radius 3 is 2.21 bits per heavy atom. The highest BCUT2D eigenvalue weighted by Crippen LogP contribution is 2.34. The maximum Gasteiger partial charge on any atom is 0.269 e. The Kier molecular flexibility index (Phi) is 6.28. The number of thiocarbonyl (C=S) groups is 1. The average Bonchev–Trinajstić information content (AvgIpc) is 3.00. The molecule has 0 spiro atoms. The summed E-state index contributed by atoms with van der Waals surface area (Å²) < 4.78 is 0.940. The molecule has 0 saturated heterocycles. The minimum atomic E-state index is -0.357. The molecule has 1 aromatic heterocycles. The third-order valence-corrected chi connectivity index (χ3v) is 5.78. The van der Waals surface area contributed by atoms with Crippen LogP contribution in [0.4, 0.5) is 11.4 Å². The van der Waals surface area contributed by atoms with E-state index in [4.69, 9.17) is 23.8 Å². The second-order valence-electron chi connectivity index (χ2n) is 6.37. The Bertz CT molecular complexity index is 1050. The van der Waals surface area contributed by atoms with Gasteiger partial charge in [0.1, 0.15) is 4.88 Å². The molecule has 144 valence electrons. The van der Waals surface area contributed by atoms with Crippen LogP contribution in [-0.4, -0.2) is 16.9 Å². The van der Waals surface area contributed by atoms with Gasteiger partial charge in [-0.1, -0.05) is 43.6 Å². The van der Waals surface area contributed by atoms with Crippen molar-refractivity contribution in [3.8, 4) is 0 Å². The van der Waals surface area contributed by atoms with Crippen molar-refractivity contribution in [2.24, 2.45) is 5.92 Å². The lowest BCUT2D eigenvalue weighted by atomic mass is 10.2. The highest BCUT2D eigenvalue weighted by atomic mass is 35.5. The molecular formula is C20H18ClN3O2S2. The summed E-state index contributed by atoms with van der Waals surface area (Å²) in [6.45, 7) is 3.66. The zero-order chi connectivity index (χ0) is 20.3. The topological polar surface area (TPSA) is 70.2 Å². The van der Waals surface area contributed by atoms with E-state index in [2.05, 4.69) is 16.0 Å². The standard InChI is InChI=1S/C20H18ClN3O2S2/c1-11(2)18(25)22-12-7-9-13(10-8-12)23-20(27)24-19(26)17-16(21)14-5-3-4-6-15(14)28-17/h3-11H,1-2H3,(H,22,25)(H2,23,24,26,27). The molecule has 1 heterocycles. The molecule has 0 bridgehead atoms. The van der Waals surface area contributed by atoms with Crippen LogP contribution in [0.2, 0.25) is 5.02 Å². The highest BCUT2D eigenvalue weighted by molar-refractivity contribution is 7.80. The molecule has 0 unspecified atom stereocenters. The predicted octanol–water partition coefficient (Wildman–Crippen LogP) is 5.28. The molecule has 0 aliphatic carbocycles. The summed E-state index contributed by atoms with van der Waals surface area (Å²) in [6, 6.07) is 14.6. The van der Waals surface area contributed by atoms with E-state index in [1.54, 1.807) is 24.3 Å². The van der Waals surface area contributed by atoms with Gasteiger partial charge in [-0.2, -0.15) is 0 Å². The fourth-order valence-corrected chi connectivity index (χ4v) is 4.03. The van der Waals surface area contributed by atoms with Crippen molar-refractivity contribution in [2.75, 3.05) is 10.6 Å². The van der Waals surface area contributed by atoms with E-state index in [1.807, 2.05) is 38.1 Å². The lowest BCUT2D eigenvalue weighted by Gasteiger charge is -2.11. The zero-order valence-electron chi connectivity index (χ0n) is 15.2. The van der Waals surface area contributed by atoms with Gasteiger partial charge in [0, 0.05) is 27.4 Å². The smallest absolute Gasteiger partial charge is 0.269 e. The molecule has 3 rings (SSSR count). The van der Waals surface area contributed by atoms with Gasteiger partial charge in [0.15, 0.2) is 5.11 Å². The fraction of sp³-hybridized carbons (Fsp3) is 0.150. The minimum absolute atomic E-state index is 0.0521. The first kappa shape index (κ1) is 20.3. The van der Waals surface area contributed by atoms with Crippen molar-refractivity contribution in [1.29, 1.82) is 0 Å². The van der Waals surface area contributed by atoms with Gasteiger partial charge in [0.25, 0.3) is 5.91 Å². The van der Waals surface area contributed by atoms with E-state index >= 15 is 0 Å². The zero-order valence-corrected chi connectivity index (χ0v) is 17.6. The summed E-state index contributed by atoms with van der Waals surface area (Å²) in [5.74, 6) is -0.505. The Labute approximate surface area is 177 Å². The van der Waals surface area contributed by atoms with Crippen LogP contribution in [0.5, 0.6) is 0 Å². The Balaban J connectivity index is 1.62. The van der Waals surface area contributed by atoms with Crippen LogP contribution in [0.15, 0.2) is 48.5 Å². The number of hydrogen-bond donors (Lipinski definition) is 3. The van der Waals surface area contributed by atoms with Gasteiger partial charge in [0.05, 0.1) is 5.02 Å². The van der Waals surface area contributed by atoms with Gasteiger partial charge in [-0.05, 0) is 42.5 Å². The fourth-order valence-electron chi connectivity index (χ4n) is 2.41. The first-order valence-electron chi connectivity index (χ1n) is 8.55. The van der Waals surface area contributed by atoms with Crippen LogP contribution in [0.25, 0.3) is 10.1 Å². The van der Waals surface area contributed by atoms with Crippen LogP contribution in [0.3, 0.4) is 0 Å². The van der Waals surface area contributed by atoms with Crippen LogP contribution >= 0.6 is 35.2 Å². The number of rotatable bonds is 4. The SMILES string of the molecule is CC(C)C(=O)Nc1ccc(NC(=S)NC(=O)c2sc3ccccc3c2Cl)cc1. The molecule has 28 heavy (non-hydrogen) atoms. The van der Waals surface area contributed by atoms with Gasteiger partial charge in [0.2, 0.25) is 5.91 Å². The molecule has 0 saturated carbocycles. The van der Waals surface area contributed by atoms with Crippen molar-refractivity contribution in [3.63, 3.8) is 0 Å². The predicted molar refractivity (Wildman–Crippen MR) is 120 cm³/mol. The maximum atomic E-state index is 12.5. The molecule has 0 radical (unpaired) electrons. The van der Waals surface area contributed by atoms with Crippen LogP contribution in [0, 0.1) is 5.92 Å². The number of benzene rings is 2. The second kappa shape index (κ2) is 8.68. The number of amides is 2. The number of thiophene rings is 1. The average molecular weight is 432 g/mol. The number of anilines is 2. The molecule has 3 aromatic rings. The quantitative estimate of drug-likeness (QED) is 0.492. The summed E-state index contributed by atoms with van der Waals surface area (Å²) in [7, 11) is 0. The number of carbonyl (C=O) groups excluding carboxylic acids is 2. The molecule has 2 aromatic carbocycles. The first-order valence-corrected chi connectivity index (χ1v) is 10.2. The first-order chi connectivity index (χ1) is 13.3. The van der Waals surface area contributed by atoms with Crippen LogP contribution in [-0.2, 0) is 4.79 Å². The Morgan fingerprint density at radius 2 is 1.61 bits per heavy atom. The Morgan fingerprint density at radius 1 is 1.00 bits per heavy atom. The lowest BCUT2D eigenvalue weighted by molar-refractivity contribution is -0.118. The van der Waals surface area contributed by atoms with E-state index in [-0.39, 0.29) is 22.8 Å². The van der Waals surface area contributed by atoms with Gasteiger partial charge in [-0.15, -0.1) is 11.3 Å². The number of carbonyl (C=O) groups is 2. The molecule has 2 amide bonds. The van der Waals surface area contributed by atoms with Gasteiger partial charge >= 0.3 is 0 Å². The number of halogens is 1. The van der Waals surface area contributed by atoms with Crippen molar-refractivity contribution < 1.29 is 9.59 Å². The molecule has 8 heteroatoms. The van der Waals surface area contributed by atoms with Crippen molar-refractivity contribution in [2.45, 2.75) is 13.8 Å². The summed E-state index contributed by atoms with van der Waals surface area (Å²) in [4.78, 5) is 24.6. The maximum absolute atomic E-state index is 12.5. The van der Waals surface area contributed by atoms with E-state index < -0.39 is 0 Å². The third kappa shape index (κ3) is 4.67. The second-order valence-corrected chi connectivity index (χ2v) is 8.21. The number of hydrogen-bond acceptors (Lipinski definition) is 4. The molecule has 0 aliphatic heterocycles. The molecule has 0 aliphatic rings. The molecule has 5 nitrogen and oxygen atoms in total. The summed E-state index contributed by atoms with van der Waals surface area (Å²) in [5, 5.41) is 9.84. The van der Waals surface area contributed by atoms with Crippen molar-refractivity contribution >= 4 is 73.5 Å². The Hall–Kier alpha value is -2.48. The van der Waals surface area contributed by atoms with E-state index in [9.17, 15) is 9.59 Å². The van der Waals surface area contributed by atoms with E-state index in [1.165, 1.54) is 11.3 Å². The highest BCUT2D eigenvalue weighted by Gasteiger charge is 2.17. The number of fused-ring (bicyclic) bond motifs is 1. The summed E-state index contributed by atoms with van der Waals surface area (Å²) >= 11 is 12.9. The van der Waals surface area contributed by atoms with Gasteiger partial charge < -0.3 is 10.6 Å². The van der Waals surface area contributed by atoms with Crippen LogP contribution in [0.1, 0.15) is 23.5 Å². The number of nitrogens with one attached hydrogen (secondary N) is 3. The third-order valence-electron chi connectivity index (χ3n) is 3.90. The summed E-state index contributed by atoms with van der Waals surface area (Å²) in [5.41, 5.74) is 1.38. The molecule has 0 fully saturated rings. The monoisotopic (exact) mass is 431 g/mol. The molecular weight excluding hydrogens is 414 g/mol. The normalized spacial score (nSPS) is 10.7.